The third kappa shape index (κ3) is 21.4. The van der Waals surface area contributed by atoms with E-state index in [0.29, 0.717) is 73.7 Å². The molecular weight excluding hydrogens is 1690 g/mol. The Labute approximate surface area is 752 Å². The van der Waals surface area contributed by atoms with Crippen LogP contribution in [0.3, 0.4) is 0 Å². The SMILES string of the molecule is C=CC(=O)Nc1ccc2ncn(-c3cc(N(CC)CC)ncn3)c2c1.C=CC(=O)Nc1ccc2ncn(-c3cncc(-c4cccnc4)n3)c2c1.C=CC(=O)Nc1ccc2ncn(-c3cncc(-c4cn[nH]c4)n3)c2c1.C=CC(=O)Nc1ccc2ncn(-c3cncc(CCC4CC4)n3)c2c1.C=CC(=O)Nc1ccc2ncn(-c3cncc(Cc4cccc(Cl)c4Cl)n3)c2c1. The molecule has 1 fully saturated rings. The standard InChI is InChI=1S/C21H15Cl2N5O.C19H14N6O.C19H19N5O.C18H20N6O.C17H13N7O/c1-2-20(29)27-14-6-7-17-18(9-14)28(12-25-17)19-11-24-10-15(26-19)8-13-4-3-5-16(22)21(13)23;1-2-19(26)23-14-5-6-15-17(8-14)25(12-22-15)18-11-21-10-16(24-18)13-4-3-7-20-9-13;1-2-19(25)23-14-7-8-16-17(9-14)24(12-21-16)18-11-20-10-15(22-18)6-5-13-3-4-13;1-4-18(25)22-13-7-8-14-15(9-13)24(12-21-14)17-10-16(19-11-20-17)23(5-2)6-3;1-2-17(25)22-12-3-4-13-15(5-12)24(10-19-13)16-9-18-8-14(23-16)11-6-20-21-7-11/h2-7,9-12H,1,8H2,(H,27,29);2-12H,1H2,(H,23,26);2,7-13H,1,3-6H2,(H,23,25);4,7-12H,1,5-6H2,2-3H3,(H,22,25);2-10H,1H2,(H,20,21)(H,22,25). The lowest BCUT2D eigenvalue weighted by Crippen LogP contribution is -2.23. The van der Waals surface area contributed by atoms with E-state index >= 15 is 0 Å². The number of hydrogen-bond donors (Lipinski definition) is 6. The molecule has 36 heteroatoms. The van der Waals surface area contributed by atoms with Gasteiger partial charge in [0.25, 0.3) is 0 Å². The highest BCUT2D eigenvalue weighted by Gasteiger charge is 2.22. The number of benzene rings is 6. The number of aromatic amines is 1. The zero-order valence-corrected chi connectivity index (χ0v) is 71.6. The van der Waals surface area contributed by atoms with Crippen molar-refractivity contribution in [1.29, 1.82) is 0 Å². The van der Waals surface area contributed by atoms with E-state index in [0.717, 1.165) is 126 Å². The summed E-state index contributed by atoms with van der Waals surface area (Å²) in [5.74, 6) is 3.74. The van der Waals surface area contributed by atoms with Crippen LogP contribution in [0.2, 0.25) is 10.0 Å². The molecule has 6 N–H and O–H groups in total. The molecule has 0 spiro atoms. The highest BCUT2D eigenvalue weighted by Crippen LogP contribution is 2.35. The van der Waals surface area contributed by atoms with E-state index in [1.165, 1.54) is 49.6 Å². The summed E-state index contributed by atoms with van der Waals surface area (Å²) >= 11 is 12.4. The number of hydrogen-bond acceptors (Lipinski definition) is 23. The van der Waals surface area contributed by atoms with Crippen LogP contribution in [0.4, 0.5) is 34.3 Å². The maximum atomic E-state index is 11.6. The van der Waals surface area contributed by atoms with Crippen LogP contribution in [0, 0.1) is 5.92 Å². The van der Waals surface area contributed by atoms with Crippen LogP contribution >= 0.6 is 23.2 Å². The van der Waals surface area contributed by atoms with Crippen molar-refractivity contribution in [3.05, 3.63) is 330 Å². The molecule has 19 rings (SSSR count). The van der Waals surface area contributed by atoms with Crippen LogP contribution in [0.5, 0.6) is 0 Å². The number of aryl methyl sites for hydroxylation is 1. The maximum absolute atomic E-state index is 11.6. The molecule has 1 aliphatic carbocycles. The van der Waals surface area contributed by atoms with Gasteiger partial charge in [-0.05, 0) is 178 Å². The van der Waals surface area contributed by atoms with Crippen LogP contribution in [0.25, 0.3) is 107 Å². The van der Waals surface area contributed by atoms with Crippen molar-refractivity contribution in [3.8, 4) is 51.6 Å². The molecule has 18 aromatic rings. The second-order valence-electron chi connectivity index (χ2n) is 28.8. The number of pyridine rings is 1. The number of H-pyrrole nitrogens is 1. The number of rotatable bonds is 25. The van der Waals surface area contributed by atoms with Crippen molar-refractivity contribution in [2.24, 2.45) is 5.92 Å². The summed E-state index contributed by atoms with van der Waals surface area (Å²) in [6, 6.07) is 38.7. The topological polar surface area (TPSA) is 408 Å². The summed E-state index contributed by atoms with van der Waals surface area (Å²) in [4.78, 5) is 130. The molecule has 12 aromatic heterocycles. The first-order chi connectivity index (χ1) is 63.4. The van der Waals surface area contributed by atoms with Crippen molar-refractivity contribution in [1.82, 2.24) is 113 Å². The highest BCUT2D eigenvalue weighted by molar-refractivity contribution is 6.42. The molecule has 0 radical (unpaired) electrons. The van der Waals surface area contributed by atoms with Crippen molar-refractivity contribution >= 4 is 142 Å². The lowest BCUT2D eigenvalue weighted by molar-refractivity contribution is -0.112. The lowest BCUT2D eigenvalue weighted by Gasteiger charge is -2.19. The fraction of sp³-hybridized carbons (Fsp3) is 0.106. The molecule has 0 saturated heterocycles. The average Bonchev–Trinajstić information content (AvgIpc) is 1.71. The van der Waals surface area contributed by atoms with Crippen LogP contribution in [-0.4, -0.2) is 155 Å². The predicted octanol–water partition coefficient (Wildman–Crippen LogP) is 16.2. The summed E-state index contributed by atoms with van der Waals surface area (Å²) < 4.78 is 9.23. The predicted molar refractivity (Wildman–Crippen MR) is 502 cm³/mol. The van der Waals surface area contributed by atoms with Gasteiger partial charge in [0.2, 0.25) is 29.5 Å². The quantitative estimate of drug-likeness (QED) is 0.0289. The van der Waals surface area contributed by atoms with Gasteiger partial charge < -0.3 is 31.5 Å². The van der Waals surface area contributed by atoms with Gasteiger partial charge in [0, 0.05) is 96.1 Å². The first-order valence-electron chi connectivity index (χ1n) is 40.6. The van der Waals surface area contributed by atoms with E-state index in [1.54, 1.807) is 130 Å². The summed E-state index contributed by atoms with van der Waals surface area (Å²) in [7, 11) is 0. The average molecular weight is 1770 g/mol. The molecule has 0 aliphatic heterocycles. The molecule has 1 saturated carbocycles. The van der Waals surface area contributed by atoms with Gasteiger partial charge in [-0.3, -0.25) is 76.8 Å². The van der Waals surface area contributed by atoms with Gasteiger partial charge in [-0.25, -0.2) is 54.8 Å². The number of fused-ring (bicyclic) bond motifs is 5. The van der Waals surface area contributed by atoms with Crippen LogP contribution in [0.15, 0.2) is 303 Å². The van der Waals surface area contributed by atoms with E-state index in [2.05, 4.69) is 158 Å². The second-order valence-corrected chi connectivity index (χ2v) is 29.6. The molecule has 1 aliphatic rings. The molecule has 6 aromatic carbocycles. The van der Waals surface area contributed by atoms with Gasteiger partial charge in [0.05, 0.1) is 131 Å². The minimum absolute atomic E-state index is 0.243. The first-order valence-corrected chi connectivity index (χ1v) is 41.4. The third-order valence-corrected chi connectivity index (χ3v) is 21.1. The Hall–Kier alpha value is -17.1. The summed E-state index contributed by atoms with van der Waals surface area (Å²) in [6.07, 6.45) is 42.0. The molecule has 0 bridgehead atoms. The van der Waals surface area contributed by atoms with Crippen LogP contribution in [0.1, 0.15) is 50.1 Å². The largest absolute Gasteiger partial charge is 0.357 e. The molecule has 0 atom stereocenters. The first kappa shape index (κ1) is 87.7. The third-order valence-electron chi connectivity index (χ3n) is 20.2. The summed E-state index contributed by atoms with van der Waals surface area (Å²) in [6.45, 7) is 23.2. The van der Waals surface area contributed by atoms with Crippen molar-refractivity contribution in [2.45, 2.75) is 46.0 Å². The van der Waals surface area contributed by atoms with Gasteiger partial charge in [0.1, 0.15) is 49.6 Å². The van der Waals surface area contributed by atoms with Crippen molar-refractivity contribution in [2.75, 3.05) is 44.6 Å². The van der Waals surface area contributed by atoms with E-state index in [-0.39, 0.29) is 29.5 Å². The van der Waals surface area contributed by atoms with E-state index in [4.69, 9.17) is 33.2 Å². The number of anilines is 6. The Balaban J connectivity index is 0.000000125. The van der Waals surface area contributed by atoms with E-state index in [1.807, 2.05) is 132 Å². The van der Waals surface area contributed by atoms with Gasteiger partial charge in [-0.15, -0.1) is 0 Å². The molecule has 5 amide bonds. The maximum Gasteiger partial charge on any atom is 0.247 e. The van der Waals surface area contributed by atoms with E-state index in [9.17, 15) is 24.0 Å². The molecule has 0 unspecified atom stereocenters. The zero-order chi connectivity index (χ0) is 90.6. The van der Waals surface area contributed by atoms with Crippen molar-refractivity contribution < 1.29 is 24.0 Å². The number of nitrogens with one attached hydrogen (secondary N) is 6. The monoisotopic (exact) mass is 1770 g/mol. The number of carbonyl (C=O) groups excluding carboxylic acids is 5. The fourth-order valence-electron chi connectivity index (χ4n) is 13.5. The summed E-state index contributed by atoms with van der Waals surface area (Å²) in [5.41, 5.74) is 17.2. The molecule has 34 nitrogen and oxygen atoms in total. The number of halogens is 2. The zero-order valence-electron chi connectivity index (χ0n) is 70.0. The Kier molecular flexibility index (Phi) is 27.8. The summed E-state index contributed by atoms with van der Waals surface area (Å²) in [5, 5.41) is 21.5. The molecule has 12 heterocycles. The number of carbonyl (C=O) groups is 5. The molecule has 130 heavy (non-hydrogen) atoms. The Bertz CT molecular complexity index is 7240. The van der Waals surface area contributed by atoms with Crippen LogP contribution in [-0.2, 0) is 36.8 Å². The normalized spacial score (nSPS) is 11.3. The number of aromatic nitrogens is 23. The van der Waals surface area contributed by atoms with E-state index < -0.39 is 0 Å². The highest BCUT2D eigenvalue weighted by atomic mass is 35.5. The fourth-order valence-corrected chi connectivity index (χ4v) is 13.9. The minimum Gasteiger partial charge on any atom is -0.357 e. The Morgan fingerprint density at radius 3 is 1.22 bits per heavy atom. The smallest absolute Gasteiger partial charge is 0.247 e. The Morgan fingerprint density at radius 1 is 0.423 bits per heavy atom. The minimum atomic E-state index is -0.282. The van der Waals surface area contributed by atoms with Crippen molar-refractivity contribution in [3.63, 3.8) is 0 Å². The van der Waals surface area contributed by atoms with Gasteiger partial charge >= 0.3 is 0 Å². The number of imidazole rings is 5. The van der Waals surface area contributed by atoms with Gasteiger partial charge in [0.15, 0.2) is 23.3 Å². The van der Waals surface area contributed by atoms with Gasteiger partial charge in [-0.2, -0.15) is 5.10 Å². The van der Waals surface area contributed by atoms with Gasteiger partial charge in [-0.1, -0.05) is 81.1 Å². The Morgan fingerprint density at radius 2 is 0.823 bits per heavy atom. The number of nitrogens with zero attached hydrogens (tertiary/aromatic N) is 23. The lowest BCUT2D eigenvalue weighted by atomic mass is 10.1. The second kappa shape index (κ2) is 41.1. The number of amides is 5. The van der Waals surface area contributed by atoms with Crippen LogP contribution < -0.4 is 31.5 Å². The molecule has 646 valence electrons. The molecular formula is C94H81Cl2N29O5.